The van der Waals surface area contributed by atoms with E-state index in [1.54, 1.807) is 31.5 Å². The summed E-state index contributed by atoms with van der Waals surface area (Å²) in [6, 6.07) is 23.3. The first-order valence-electron chi connectivity index (χ1n) is 21.8. The van der Waals surface area contributed by atoms with Gasteiger partial charge in [-0.05, 0) is 136 Å². The lowest BCUT2D eigenvalue weighted by Crippen LogP contribution is -2.39. The molecule has 0 saturated heterocycles. The first-order chi connectivity index (χ1) is 31.6. The molecule has 0 unspecified atom stereocenters. The van der Waals surface area contributed by atoms with Crippen molar-refractivity contribution in [2.24, 2.45) is 0 Å². The average Bonchev–Trinajstić information content (AvgIpc) is 3.95. The second-order valence-electron chi connectivity index (χ2n) is 16.9. The minimum atomic E-state index is -0.506. The SMILES string of the molecule is COc1ccc2c(OCc3nnc4ccc(C5=CCCCC5)cn34)ccnc2c1.COc1ccc2c(OCc3nnc4ccc(C5=CCN(C(=O)OC(C)(C)C)CC5)cn34)ccnc2c1. The van der Waals surface area contributed by atoms with Crippen molar-refractivity contribution in [2.45, 2.75) is 71.7 Å². The average molecular weight is 874 g/mol. The van der Waals surface area contributed by atoms with Crippen LogP contribution in [0.2, 0.25) is 0 Å². The molecular weight excluding hydrogens is 823 g/mol. The number of carbonyl (C=O) groups is 1. The van der Waals surface area contributed by atoms with Crippen LogP contribution in [0.3, 0.4) is 0 Å². The highest BCUT2D eigenvalue weighted by molar-refractivity contribution is 5.87. The lowest BCUT2D eigenvalue weighted by atomic mass is 9.95. The van der Waals surface area contributed by atoms with Crippen molar-refractivity contribution in [1.29, 1.82) is 0 Å². The van der Waals surface area contributed by atoms with Gasteiger partial charge in [0.1, 0.15) is 41.8 Å². The maximum atomic E-state index is 12.4. The first kappa shape index (κ1) is 42.7. The van der Waals surface area contributed by atoms with Crippen molar-refractivity contribution in [2.75, 3.05) is 27.3 Å². The van der Waals surface area contributed by atoms with Gasteiger partial charge in [0.25, 0.3) is 0 Å². The first-order valence-corrected chi connectivity index (χ1v) is 21.8. The summed E-state index contributed by atoms with van der Waals surface area (Å²) in [7, 11) is 3.28. The molecular formula is C50H51N9O6. The van der Waals surface area contributed by atoms with Crippen molar-refractivity contribution in [1.82, 2.24) is 44.1 Å². The Bertz CT molecular complexity index is 3080. The monoisotopic (exact) mass is 873 g/mol. The molecule has 0 N–H and O–H groups in total. The predicted octanol–water partition coefficient (Wildman–Crippen LogP) is 9.71. The molecule has 10 rings (SSSR count). The van der Waals surface area contributed by atoms with E-state index in [2.05, 4.69) is 54.8 Å². The Balaban J connectivity index is 0.000000168. The highest BCUT2D eigenvalue weighted by Gasteiger charge is 2.24. The quantitative estimate of drug-likeness (QED) is 0.129. The maximum absolute atomic E-state index is 12.4. The third-order valence-electron chi connectivity index (χ3n) is 11.4. The highest BCUT2D eigenvalue weighted by atomic mass is 16.6. The molecule has 0 fully saturated rings. The van der Waals surface area contributed by atoms with Gasteiger partial charge in [0, 0.05) is 60.8 Å². The molecule has 1 amide bonds. The van der Waals surface area contributed by atoms with Crippen LogP contribution in [0.15, 0.2) is 110 Å². The fourth-order valence-electron chi connectivity index (χ4n) is 7.97. The second kappa shape index (κ2) is 18.7. The number of methoxy groups -OCH3 is 2. The molecule has 332 valence electrons. The number of hydrogen-bond donors (Lipinski definition) is 0. The summed E-state index contributed by atoms with van der Waals surface area (Å²) < 4.78 is 32.3. The van der Waals surface area contributed by atoms with Gasteiger partial charge in [-0.15, -0.1) is 20.4 Å². The van der Waals surface area contributed by atoms with Crippen molar-refractivity contribution < 1.29 is 28.5 Å². The standard InChI is InChI=1S/C27H29N5O4.C23H22N4O2/c1-27(2,3)36-26(33)31-13-10-18(11-14-31)19-5-8-24-29-30-25(32(24)16-19)17-35-23-9-12-28-22-15-20(34-4)6-7-21(22)23;1-28-18-8-9-19-20(13-18)24-12-11-21(19)29-15-23-26-25-22-10-7-17(14-27(22)23)16-5-3-2-4-6-16/h5-10,12,15-16H,11,13-14,17H2,1-4H3;5,7-14H,2-4,6,15H2,1H3. The molecule has 0 spiro atoms. The summed E-state index contributed by atoms with van der Waals surface area (Å²) in [6.45, 7) is 7.33. The van der Waals surface area contributed by atoms with E-state index in [4.69, 9.17) is 23.7 Å². The van der Waals surface area contributed by atoms with Crippen LogP contribution in [0.5, 0.6) is 23.0 Å². The summed E-state index contributed by atoms with van der Waals surface area (Å²) in [4.78, 5) is 22.9. The van der Waals surface area contributed by atoms with Crippen LogP contribution < -0.4 is 18.9 Å². The van der Waals surface area contributed by atoms with Crippen LogP contribution in [-0.4, -0.2) is 83.1 Å². The Morgan fingerprint density at radius 2 is 1.20 bits per heavy atom. The number of hydrogen-bond acceptors (Lipinski definition) is 12. The third-order valence-corrected chi connectivity index (χ3v) is 11.4. The van der Waals surface area contributed by atoms with E-state index in [1.165, 1.54) is 29.6 Å². The van der Waals surface area contributed by atoms with Gasteiger partial charge in [-0.3, -0.25) is 18.8 Å². The summed E-state index contributed by atoms with van der Waals surface area (Å²) in [5.74, 6) is 4.46. The summed E-state index contributed by atoms with van der Waals surface area (Å²) in [5, 5.41) is 19.1. The molecule has 65 heavy (non-hydrogen) atoms. The van der Waals surface area contributed by atoms with E-state index in [-0.39, 0.29) is 12.7 Å². The molecule has 6 aromatic heterocycles. The number of pyridine rings is 4. The number of amides is 1. The number of aromatic nitrogens is 8. The minimum Gasteiger partial charge on any atom is -0.497 e. The normalized spacial score (nSPS) is 14.1. The largest absolute Gasteiger partial charge is 0.497 e. The molecule has 7 heterocycles. The number of allylic oxidation sites excluding steroid dienone is 2. The molecule has 2 aromatic carbocycles. The molecule has 15 nitrogen and oxygen atoms in total. The van der Waals surface area contributed by atoms with Gasteiger partial charge in [-0.25, -0.2) is 4.79 Å². The molecule has 2 aliphatic rings. The molecule has 0 bridgehead atoms. The van der Waals surface area contributed by atoms with Crippen molar-refractivity contribution in [3.05, 3.63) is 133 Å². The van der Waals surface area contributed by atoms with Crippen molar-refractivity contribution >= 4 is 50.3 Å². The van der Waals surface area contributed by atoms with E-state index >= 15 is 0 Å². The molecule has 0 atom stereocenters. The fraction of sp³-hybridized carbons (Fsp3) is 0.300. The Morgan fingerprint density at radius 1 is 0.646 bits per heavy atom. The van der Waals surface area contributed by atoms with Gasteiger partial charge in [-0.1, -0.05) is 12.2 Å². The number of rotatable bonds is 10. The topological polar surface area (TPSA) is 153 Å². The van der Waals surface area contributed by atoms with Gasteiger partial charge in [0.05, 0.1) is 25.3 Å². The van der Waals surface area contributed by atoms with Gasteiger partial charge in [-0.2, -0.15) is 0 Å². The molecule has 1 aliphatic carbocycles. The van der Waals surface area contributed by atoms with Crippen LogP contribution in [0.4, 0.5) is 4.79 Å². The Kier molecular flexibility index (Phi) is 12.3. The molecule has 15 heteroatoms. The zero-order valence-corrected chi connectivity index (χ0v) is 37.2. The summed E-state index contributed by atoms with van der Waals surface area (Å²) in [6.07, 6.45) is 17.3. The van der Waals surface area contributed by atoms with Crippen LogP contribution in [0, 0.1) is 0 Å². The van der Waals surface area contributed by atoms with Gasteiger partial charge < -0.3 is 28.6 Å². The zero-order valence-electron chi connectivity index (χ0n) is 37.2. The zero-order chi connectivity index (χ0) is 44.9. The van der Waals surface area contributed by atoms with Crippen molar-refractivity contribution in [3.8, 4) is 23.0 Å². The third kappa shape index (κ3) is 9.69. The lowest BCUT2D eigenvalue weighted by molar-refractivity contribution is 0.0270. The van der Waals surface area contributed by atoms with Gasteiger partial charge >= 0.3 is 6.09 Å². The van der Waals surface area contributed by atoms with E-state index in [0.717, 1.165) is 81.0 Å². The van der Waals surface area contributed by atoms with Crippen LogP contribution in [-0.2, 0) is 18.0 Å². The summed E-state index contributed by atoms with van der Waals surface area (Å²) >= 11 is 0. The fourth-order valence-corrected chi connectivity index (χ4v) is 7.97. The van der Waals surface area contributed by atoms with Gasteiger partial charge in [0.2, 0.25) is 0 Å². The smallest absolute Gasteiger partial charge is 0.410 e. The Hall–Kier alpha value is -7.55. The molecule has 1 aliphatic heterocycles. The Morgan fingerprint density at radius 3 is 1.68 bits per heavy atom. The number of fused-ring (bicyclic) bond motifs is 4. The highest BCUT2D eigenvalue weighted by Crippen LogP contribution is 2.31. The predicted molar refractivity (Wildman–Crippen MR) is 248 cm³/mol. The van der Waals surface area contributed by atoms with Crippen molar-refractivity contribution in [3.63, 3.8) is 0 Å². The van der Waals surface area contributed by atoms with E-state index in [1.807, 2.05) is 102 Å². The molecule has 0 radical (unpaired) electrons. The van der Waals surface area contributed by atoms with Gasteiger partial charge in [0.15, 0.2) is 22.9 Å². The Labute approximate surface area is 376 Å². The lowest BCUT2D eigenvalue weighted by Gasteiger charge is -2.29. The van der Waals surface area contributed by atoms with E-state index < -0.39 is 5.60 Å². The second-order valence-corrected chi connectivity index (χ2v) is 16.9. The maximum Gasteiger partial charge on any atom is 0.410 e. The van der Waals surface area contributed by atoms with Crippen LogP contribution in [0.1, 0.15) is 75.7 Å². The number of nitrogens with zero attached hydrogens (tertiary/aromatic N) is 9. The van der Waals surface area contributed by atoms with Crippen LogP contribution >= 0.6 is 0 Å². The van der Waals surface area contributed by atoms with Crippen LogP contribution in [0.25, 0.3) is 44.2 Å². The summed E-state index contributed by atoms with van der Waals surface area (Å²) in [5.41, 5.74) is 7.58. The number of benzene rings is 2. The number of ether oxygens (including phenoxy) is 5. The number of carbonyl (C=O) groups excluding carboxylic acids is 1. The molecule has 0 saturated carbocycles. The minimum absolute atomic E-state index is 0.251. The molecule has 8 aromatic rings. The van der Waals surface area contributed by atoms with E-state index in [9.17, 15) is 4.79 Å². The van der Waals surface area contributed by atoms with E-state index in [0.29, 0.717) is 31.3 Å².